The Kier molecular flexibility index (Phi) is 5.24. The molecule has 1 aliphatic heterocycles. The molecular formula is C21H19F2N3O3. The molecule has 0 aliphatic carbocycles. The summed E-state index contributed by atoms with van der Waals surface area (Å²) < 4.78 is 37.9. The van der Waals surface area contributed by atoms with E-state index in [0.717, 1.165) is 18.6 Å². The Balaban J connectivity index is 1.55. The molecule has 1 atom stereocenters. The van der Waals surface area contributed by atoms with Gasteiger partial charge < -0.3 is 14.2 Å². The third kappa shape index (κ3) is 3.83. The molecule has 2 heterocycles. The van der Waals surface area contributed by atoms with Crippen LogP contribution in [0.15, 0.2) is 47.0 Å². The molecule has 29 heavy (non-hydrogen) atoms. The highest BCUT2D eigenvalue weighted by atomic mass is 19.1. The Morgan fingerprint density at radius 2 is 2.03 bits per heavy atom. The summed E-state index contributed by atoms with van der Waals surface area (Å²) in [6.07, 6.45) is 1.45. The Morgan fingerprint density at radius 3 is 2.76 bits per heavy atom. The molecule has 0 spiro atoms. The van der Waals surface area contributed by atoms with E-state index in [1.54, 1.807) is 29.2 Å². The van der Waals surface area contributed by atoms with Crippen molar-refractivity contribution in [3.8, 4) is 17.1 Å². The van der Waals surface area contributed by atoms with E-state index in [-0.39, 0.29) is 29.2 Å². The summed E-state index contributed by atoms with van der Waals surface area (Å²) in [5.74, 6) is -0.643. The van der Waals surface area contributed by atoms with Gasteiger partial charge in [0.2, 0.25) is 11.7 Å². The van der Waals surface area contributed by atoms with Crippen LogP contribution in [-0.2, 0) is 0 Å². The Morgan fingerprint density at radius 1 is 1.24 bits per heavy atom. The highest BCUT2D eigenvalue weighted by Gasteiger charge is 2.34. The van der Waals surface area contributed by atoms with E-state index < -0.39 is 11.6 Å². The van der Waals surface area contributed by atoms with Gasteiger partial charge in [-0.3, -0.25) is 4.79 Å². The highest BCUT2D eigenvalue weighted by Crippen LogP contribution is 2.33. The standard InChI is InChI=1S/C21H19F2N3O3/c1-2-28-15-8-5-13(6-9-15)21(27)26-11-3-4-18(26)20-24-19(25-29-20)16-10-7-14(22)12-17(16)23/h5-10,12,18H,2-4,11H2,1H3. The predicted octanol–water partition coefficient (Wildman–Crippen LogP) is 4.39. The topological polar surface area (TPSA) is 68.5 Å². The molecule has 150 valence electrons. The number of halogens is 2. The van der Waals surface area contributed by atoms with Crippen LogP contribution in [0.4, 0.5) is 8.78 Å². The van der Waals surface area contributed by atoms with E-state index in [9.17, 15) is 13.6 Å². The van der Waals surface area contributed by atoms with Crippen LogP contribution in [0.25, 0.3) is 11.4 Å². The molecule has 0 radical (unpaired) electrons. The molecule has 8 heteroatoms. The van der Waals surface area contributed by atoms with Gasteiger partial charge in [0.05, 0.1) is 12.2 Å². The van der Waals surface area contributed by atoms with Gasteiger partial charge in [-0.15, -0.1) is 0 Å². The van der Waals surface area contributed by atoms with Crippen LogP contribution in [-0.4, -0.2) is 34.1 Å². The number of hydrogen-bond acceptors (Lipinski definition) is 5. The fraction of sp³-hybridized carbons (Fsp3) is 0.286. The van der Waals surface area contributed by atoms with E-state index in [2.05, 4.69) is 10.1 Å². The normalized spacial score (nSPS) is 16.2. The monoisotopic (exact) mass is 399 g/mol. The molecule has 1 amide bonds. The van der Waals surface area contributed by atoms with Gasteiger partial charge in [-0.1, -0.05) is 5.16 Å². The zero-order valence-corrected chi connectivity index (χ0v) is 15.8. The van der Waals surface area contributed by atoms with Crippen molar-refractivity contribution >= 4 is 5.91 Å². The fourth-order valence-corrected chi connectivity index (χ4v) is 3.44. The Bertz CT molecular complexity index is 1020. The second kappa shape index (κ2) is 7.98. The van der Waals surface area contributed by atoms with Crippen LogP contribution in [0.3, 0.4) is 0 Å². The van der Waals surface area contributed by atoms with Crippen molar-refractivity contribution in [1.82, 2.24) is 15.0 Å². The molecule has 2 aromatic carbocycles. The van der Waals surface area contributed by atoms with E-state index in [0.29, 0.717) is 30.9 Å². The largest absolute Gasteiger partial charge is 0.494 e. The number of carbonyl (C=O) groups is 1. The lowest BCUT2D eigenvalue weighted by Crippen LogP contribution is -2.30. The number of rotatable bonds is 5. The molecule has 1 unspecified atom stereocenters. The number of hydrogen-bond donors (Lipinski definition) is 0. The average molecular weight is 399 g/mol. The van der Waals surface area contributed by atoms with Crippen LogP contribution in [0.1, 0.15) is 42.1 Å². The maximum Gasteiger partial charge on any atom is 0.254 e. The number of ether oxygens (including phenoxy) is 1. The molecule has 3 aromatic rings. The zero-order valence-electron chi connectivity index (χ0n) is 15.8. The minimum atomic E-state index is -0.772. The van der Waals surface area contributed by atoms with Crippen molar-refractivity contribution in [2.45, 2.75) is 25.8 Å². The van der Waals surface area contributed by atoms with Gasteiger partial charge in [0.1, 0.15) is 23.4 Å². The Labute approximate surface area is 166 Å². The third-order valence-corrected chi connectivity index (χ3v) is 4.82. The summed E-state index contributed by atoms with van der Waals surface area (Å²) in [5.41, 5.74) is 0.577. The van der Waals surface area contributed by atoms with Gasteiger partial charge in [-0.25, -0.2) is 8.78 Å². The fourth-order valence-electron chi connectivity index (χ4n) is 3.44. The number of amides is 1. The summed E-state index contributed by atoms with van der Waals surface area (Å²) >= 11 is 0. The van der Waals surface area contributed by atoms with Gasteiger partial charge in [0.25, 0.3) is 5.91 Å². The molecule has 0 saturated carbocycles. The lowest BCUT2D eigenvalue weighted by Gasteiger charge is -2.22. The van der Waals surface area contributed by atoms with Crippen LogP contribution < -0.4 is 4.74 Å². The maximum atomic E-state index is 14.0. The second-order valence-corrected chi connectivity index (χ2v) is 6.69. The molecule has 1 saturated heterocycles. The van der Waals surface area contributed by atoms with Gasteiger partial charge in [0, 0.05) is 18.2 Å². The number of aromatic nitrogens is 2. The number of likely N-dealkylation sites (tertiary alicyclic amines) is 1. The first kappa shape index (κ1) is 19.0. The zero-order chi connectivity index (χ0) is 20.4. The molecule has 4 rings (SSSR count). The van der Waals surface area contributed by atoms with Crippen molar-refractivity contribution in [3.63, 3.8) is 0 Å². The van der Waals surface area contributed by atoms with E-state index in [1.807, 2.05) is 6.92 Å². The molecule has 1 fully saturated rings. The maximum absolute atomic E-state index is 14.0. The van der Waals surface area contributed by atoms with Crippen LogP contribution in [0.2, 0.25) is 0 Å². The quantitative estimate of drug-likeness (QED) is 0.636. The highest BCUT2D eigenvalue weighted by molar-refractivity contribution is 5.94. The van der Waals surface area contributed by atoms with Crippen molar-refractivity contribution < 1.29 is 22.8 Å². The predicted molar refractivity (Wildman–Crippen MR) is 100 cm³/mol. The first-order valence-electron chi connectivity index (χ1n) is 9.39. The summed E-state index contributed by atoms with van der Waals surface area (Å²) in [7, 11) is 0. The number of nitrogens with zero attached hydrogens (tertiary/aromatic N) is 3. The summed E-state index contributed by atoms with van der Waals surface area (Å²) in [5, 5.41) is 3.82. The number of benzene rings is 2. The summed E-state index contributed by atoms with van der Waals surface area (Å²) in [6.45, 7) is 3.00. The van der Waals surface area contributed by atoms with Crippen molar-refractivity contribution in [2.75, 3.05) is 13.2 Å². The molecule has 1 aromatic heterocycles. The van der Waals surface area contributed by atoms with Gasteiger partial charge >= 0.3 is 0 Å². The minimum Gasteiger partial charge on any atom is -0.494 e. The molecule has 0 bridgehead atoms. The molecule has 1 aliphatic rings. The van der Waals surface area contributed by atoms with E-state index in [4.69, 9.17) is 9.26 Å². The van der Waals surface area contributed by atoms with E-state index >= 15 is 0 Å². The Hall–Kier alpha value is -3.29. The van der Waals surface area contributed by atoms with Crippen molar-refractivity contribution in [1.29, 1.82) is 0 Å². The minimum absolute atomic E-state index is 0.0258. The van der Waals surface area contributed by atoms with E-state index in [1.165, 1.54) is 6.07 Å². The van der Waals surface area contributed by atoms with Crippen LogP contribution in [0.5, 0.6) is 5.75 Å². The van der Waals surface area contributed by atoms with Gasteiger partial charge in [0.15, 0.2) is 0 Å². The molecular weight excluding hydrogens is 380 g/mol. The SMILES string of the molecule is CCOc1ccc(C(=O)N2CCCC2c2nc(-c3ccc(F)cc3F)no2)cc1. The first-order chi connectivity index (χ1) is 14.1. The van der Waals surface area contributed by atoms with Crippen LogP contribution in [0, 0.1) is 11.6 Å². The summed E-state index contributed by atoms with van der Waals surface area (Å²) in [4.78, 5) is 18.9. The van der Waals surface area contributed by atoms with Gasteiger partial charge in [-0.2, -0.15) is 4.98 Å². The first-order valence-corrected chi connectivity index (χ1v) is 9.39. The number of carbonyl (C=O) groups excluding carboxylic acids is 1. The molecule has 0 N–H and O–H groups in total. The van der Waals surface area contributed by atoms with Gasteiger partial charge in [-0.05, 0) is 56.2 Å². The summed E-state index contributed by atoms with van der Waals surface area (Å²) in [6, 6.07) is 9.71. The van der Waals surface area contributed by atoms with Crippen molar-refractivity contribution in [3.05, 3.63) is 65.6 Å². The smallest absolute Gasteiger partial charge is 0.254 e. The van der Waals surface area contributed by atoms with Crippen LogP contribution >= 0.6 is 0 Å². The second-order valence-electron chi connectivity index (χ2n) is 6.69. The third-order valence-electron chi connectivity index (χ3n) is 4.82. The average Bonchev–Trinajstić information content (AvgIpc) is 3.38. The van der Waals surface area contributed by atoms with Crippen molar-refractivity contribution in [2.24, 2.45) is 0 Å². The molecule has 6 nitrogen and oxygen atoms in total. The lowest BCUT2D eigenvalue weighted by molar-refractivity contribution is 0.0710. The lowest BCUT2D eigenvalue weighted by atomic mass is 10.1.